The average Bonchev–Trinajstić information content (AvgIpc) is 2.41. The Bertz CT molecular complexity index is 380. The summed E-state index contributed by atoms with van der Waals surface area (Å²) in [5.74, 6) is 0.399. The Balaban J connectivity index is 1.77. The van der Waals surface area contributed by atoms with Crippen molar-refractivity contribution >= 4 is 6.29 Å². The van der Waals surface area contributed by atoms with Gasteiger partial charge in [-0.15, -0.1) is 0 Å². The Morgan fingerprint density at radius 3 is 2.83 bits per heavy atom. The number of piperidine rings is 1. The molecule has 0 saturated carbocycles. The Labute approximate surface area is 107 Å². The van der Waals surface area contributed by atoms with Crippen molar-refractivity contribution in [2.75, 3.05) is 19.7 Å². The fraction of sp³-hybridized carbons (Fsp3) is 0.500. The molecule has 0 aliphatic carbocycles. The van der Waals surface area contributed by atoms with Crippen LogP contribution in [0.2, 0.25) is 0 Å². The van der Waals surface area contributed by atoms with Crippen LogP contribution in [0.25, 0.3) is 0 Å². The van der Waals surface area contributed by atoms with E-state index in [9.17, 15) is 9.18 Å². The van der Waals surface area contributed by atoms with E-state index in [0.29, 0.717) is 12.4 Å². The molecular weight excluding hydrogens is 233 g/mol. The molecule has 0 N–H and O–H groups in total. The van der Waals surface area contributed by atoms with Gasteiger partial charge in [-0.1, -0.05) is 6.42 Å². The smallest absolute Gasteiger partial charge is 0.137 e. The van der Waals surface area contributed by atoms with Gasteiger partial charge in [0.2, 0.25) is 0 Å². The van der Waals surface area contributed by atoms with Crippen molar-refractivity contribution in [2.24, 2.45) is 0 Å². The molecular formula is C14H18FNO2. The van der Waals surface area contributed by atoms with Crippen molar-refractivity contribution in [1.29, 1.82) is 0 Å². The molecule has 1 unspecified atom stereocenters. The summed E-state index contributed by atoms with van der Waals surface area (Å²) in [7, 11) is 0. The van der Waals surface area contributed by atoms with Crippen LogP contribution in [0, 0.1) is 5.82 Å². The summed E-state index contributed by atoms with van der Waals surface area (Å²) in [6.45, 7) is 2.22. The number of aldehydes is 1. The molecule has 1 heterocycles. The summed E-state index contributed by atoms with van der Waals surface area (Å²) in [6.07, 6.45) is 4.23. The molecule has 4 heteroatoms. The van der Waals surface area contributed by atoms with Crippen molar-refractivity contribution in [3.63, 3.8) is 0 Å². The number of benzene rings is 1. The van der Waals surface area contributed by atoms with E-state index < -0.39 is 0 Å². The molecule has 1 aliphatic heterocycles. The largest absolute Gasteiger partial charge is 0.492 e. The molecule has 1 aromatic rings. The number of carbonyl (C=O) groups is 1. The van der Waals surface area contributed by atoms with E-state index in [1.807, 2.05) is 0 Å². The van der Waals surface area contributed by atoms with Crippen LogP contribution in [-0.4, -0.2) is 36.9 Å². The number of hydrogen-bond donors (Lipinski definition) is 0. The third-order valence-corrected chi connectivity index (χ3v) is 3.28. The first kappa shape index (κ1) is 13.0. The lowest BCUT2D eigenvalue weighted by molar-refractivity contribution is -0.113. The summed E-state index contributed by atoms with van der Waals surface area (Å²) in [5, 5.41) is 0. The SMILES string of the molecule is O=CC1CCCCN1CCOc1ccc(F)cc1. The first-order valence-electron chi connectivity index (χ1n) is 6.37. The van der Waals surface area contributed by atoms with Crippen molar-refractivity contribution in [3.05, 3.63) is 30.1 Å². The molecule has 1 aromatic carbocycles. The topological polar surface area (TPSA) is 29.5 Å². The predicted octanol–water partition coefficient (Wildman–Crippen LogP) is 2.26. The number of likely N-dealkylation sites (tertiary alicyclic amines) is 1. The Morgan fingerprint density at radius 1 is 1.33 bits per heavy atom. The van der Waals surface area contributed by atoms with Gasteiger partial charge in [0, 0.05) is 6.54 Å². The minimum absolute atomic E-state index is 0.0376. The fourth-order valence-electron chi connectivity index (χ4n) is 2.26. The molecule has 0 aromatic heterocycles. The summed E-state index contributed by atoms with van der Waals surface area (Å²) < 4.78 is 18.2. The van der Waals surface area contributed by atoms with E-state index in [1.54, 1.807) is 12.1 Å². The second kappa shape index (κ2) is 6.50. The third-order valence-electron chi connectivity index (χ3n) is 3.28. The Kier molecular flexibility index (Phi) is 4.70. The first-order chi connectivity index (χ1) is 8.79. The van der Waals surface area contributed by atoms with Gasteiger partial charge in [-0.05, 0) is 43.7 Å². The van der Waals surface area contributed by atoms with Crippen LogP contribution >= 0.6 is 0 Å². The molecule has 0 radical (unpaired) electrons. The van der Waals surface area contributed by atoms with Gasteiger partial charge in [-0.25, -0.2) is 4.39 Å². The summed E-state index contributed by atoms with van der Waals surface area (Å²) in [6, 6.07) is 6.02. The van der Waals surface area contributed by atoms with E-state index in [0.717, 1.165) is 38.6 Å². The molecule has 0 spiro atoms. The standard InChI is InChI=1S/C14H18FNO2/c15-12-4-6-14(7-5-12)18-10-9-16-8-2-1-3-13(16)11-17/h4-7,11,13H,1-3,8-10H2. The minimum Gasteiger partial charge on any atom is -0.492 e. The van der Waals surface area contributed by atoms with Crippen LogP contribution < -0.4 is 4.74 Å². The lowest BCUT2D eigenvalue weighted by Crippen LogP contribution is -2.42. The first-order valence-corrected chi connectivity index (χ1v) is 6.37. The lowest BCUT2D eigenvalue weighted by atomic mass is 10.0. The van der Waals surface area contributed by atoms with Gasteiger partial charge in [0.25, 0.3) is 0 Å². The number of carbonyl (C=O) groups excluding carboxylic acids is 1. The fourth-order valence-corrected chi connectivity index (χ4v) is 2.26. The van der Waals surface area contributed by atoms with Crippen LogP contribution in [0.5, 0.6) is 5.75 Å². The van der Waals surface area contributed by atoms with Crippen LogP contribution in [0.1, 0.15) is 19.3 Å². The number of halogens is 1. The van der Waals surface area contributed by atoms with E-state index in [1.165, 1.54) is 12.1 Å². The maximum absolute atomic E-state index is 12.7. The third kappa shape index (κ3) is 3.53. The van der Waals surface area contributed by atoms with Gasteiger partial charge >= 0.3 is 0 Å². The maximum Gasteiger partial charge on any atom is 0.137 e. The van der Waals surface area contributed by atoms with Crippen molar-refractivity contribution < 1.29 is 13.9 Å². The number of rotatable bonds is 5. The molecule has 18 heavy (non-hydrogen) atoms. The zero-order chi connectivity index (χ0) is 12.8. The molecule has 0 bridgehead atoms. The van der Waals surface area contributed by atoms with Gasteiger partial charge < -0.3 is 9.53 Å². The Morgan fingerprint density at radius 2 is 2.11 bits per heavy atom. The summed E-state index contributed by atoms with van der Waals surface area (Å²) >= 11 is 0. The molecule has 1 saturated heterocycles. The van der Waals surface area contributed by atoms with Gasteiger partial charge in [0.15, 0.2) is 0 Å². The van der Waals surface area contributed by atoms with Gasteiger partial charge in [0.1, 0.15) is 24.5 Å². The van der Waals surface area contributed by atoms with E-state index in [-0.39, 0.29) is 11.9 Å². The summed E-state index contributed by atoms with van der Waals surface area (Å²) in [4.78, 5) is 13.1. The van der Waals surface area contributed by atoms with Crippen molar-refractivity contribution in [2.45, 2.75) is 25.3 Å². The lowest BCUT2D eigenvalue weighted by Gasteiger charge is -2.31. The molecule has 1 aliphatic rings. The van der Waals surface area contributed by atoms with Crippen LogP contribution in [-0.2, 0) is 4.79 Å². The second-order valence-corrected chi connectivity index (χ2v) is 4.54. The van der Waals surface area contributed by atoms with E-state index in [2.05, 4.69) is 4.90 Å². The highest BCUT2D eigenvalue weighted by Crippen LogP contribution is 2.15. The van der Waals surface area contributed by atoms with E-state index in [4.69, 9.17) is 4.74 Å². The minimum atomic E-state index is -0.264. The predicted molar refractivity (Wildman–Crippen MR) is 67.2 cm³/mol. The zero-order valence-electron chi connectivity index (χ0n) is 10.3. The van der Waals surface area contributed by atoms with Crippen molar-refractivity contribution in [3.8, 4) is 5.75 Å². The number of nitrogens with zero attached hydrogens (tertiary/aromatic N) is 1. The highest BCUT2D eigenvalue weighted by Gasteiger charge is 2.21. The van der Waals surface area contributed by atoms with Crippen molar-refractivity contribution in [1.82, 2.24) is 4.90 Å². The maximum atomic E-state index is 12.7. The monoisotopic (exact) mass is 251 g/mol. The average molecular weight is 251 g/mol. The van der Waals surface area contributed by atoms with E-state index >= 15 is 0 Å². The Hall–Kier alpha value is -1.42. The molecule has 1 fully saturated rings. The van der Waals surface area contributed by atoms with Gasteiger partial charge in [-0.3, -0.25) is 4.90 Å². The molecule has 3 nitrogen and oxygen atoms in total. The second-order valence-electron chi connectivity index (χ2n) is 4.54. The quantitative estimate of drug-likeness (QED) is 0.752. The van der Waals surface area contributed by atoms with Gasteiger partial charge in [0.05, 0.1) is 6.04 Å². The molecule has 0 amide bonds. The van der Waals surface area contributed by atoms with Crippen LogP contribution in [0.15, 0.2) is 24.3 Å². The molecule has 2 rings (SSSR count). The van der Waals surface area contributed by atoms with Crippen LogP contribution in [0.4, 0.5) is 4.39 Å². The highest BCUT2D eigenvalue weighted by atomic mass is 19.1. The van der Waals surface area contributed by atoms with Gasteiger partial charge in [-0.2, -0.15) is 0 Å². The molecule has 98 valence electrons. The number of ether oxygens (including phenoxy) is 1. The highest BCUT2D eigenvalue weighted by molar-refractivity contribution is 5.57. The summed E-state index contributed by atoms with van der Waals surface area (Å²) in [5.41, 5.74) is 0. The molecule has 1 atom stereocenters. The number of hydrogen-bond acceptors (Lipinski definition) is 3. The normalized spacial score (nSPS) is 20.6. The zero-order valence-corrected chi connectivity index (χ0v) is 10.3. The van der Waals surface area contributed by atoms with Crippen LogP contribution in [0.3, 0.4) is 0 Å².